The molecule has 1 aromatic heterocycles. The lowest BCUT2D eigenvalue weighted by molar-refractivity contribution is 0.590. The number of anilines is 12. The number of hydrogen-bond acceptors (Lipinski definition) is 5. The van der Waals surface area contributed by atoms with Gasteiger partial charge in [-0.05, 0) is 199 Å². The minimum Gasteiger partial charge on any atom is -0.456 e. The molecule has 0 radical (unpaired) electrons. The topological polar surface area (TPSA) is 26.1 Å². The van der Waals surface area contributed by atoms with Gasteiger partial charge >= 0.3 is 0 Å². The number of nitrogens with zero attached hydrogens (tertiary/aromatic N) is 4. The summed E-state index contributed by atoms with van der Waals surface area (Å²) in [5.41, 5.74) is 26.6. The van der Waals surface area contributed by atoms with E-state index < -0.39 is 0 Å². The summed E-state index contributed by atoms with van der Waals surface area (Å²) >= 11 is 0. The van der Waals surface area contributed by atoms with Gasteiger partial charge in [-0.3, -0.25) is 0 Å². The Morgan fingerprint density at radius 2 is 0.717 bits per heavy atom. The van der Waals surface area contributed by atoms with Gasteiger partial charge in [0.15, 0.2) is 0 Å². The Labute approximate surface area is 543 Å². The van der Waals surface area contributed by atoms with E-state index in [4.69, 9.17) is 4.42 Å². The summed E-state index contributed by atoms with van der Waals surface area (Å²) < 4.78 is 6.72. The van der Waals surface area contributed by atoms with E-state index in [1.807, 2.05) is 6.07 Å². The van der Waals surface area contributed by atoms with Gasteiger partial charge in [-0.1, -0.05) is 226 Å². The van der Waals surface area contributed by atoms with Crippen LogP contribution in [0.4, 0.5) is 68.2 Å². The molecular formula is C86H75BN4O. The molecule has 15 rings (SSSR count). The second kappa shape index (κ2) is 22.7. The summed E-state index contributed by atoms with van der Waals surface area (Å²) in [6.45, 7) is 20.6. The van der Waals surface area contributed by atoms with Crippen LogP contribution in [0.2, 0.25) is 0 Å². The standard InChI is InChI=1S/C86H75BN4O/c1-84(2,3)64-37-42-69(43-38-64)89(70-44-39-65(40-45-70)85(4,5)6)74-56-79-83-80(57-74)91(73-51-62(58-25-14-10-15-26-58)49-63(52-73)59-27-16-11-17-28-59)77-47-41-66(86(7,8)9)54-75(77)87(83)76-55-72(88(67-31-18-12-19-32-67)68-33-20-13-21-34-68)46-48-78(76)90(79)71-35-24-30-60(50-71)82-53-61-29-22-23-36-81(61)92-82/h10-57H,1-9H3. The van der Waals surface area contributed by atoms with Crippen LogP contribution >= 0.6 is 0 Å². The third-order valence-corrected chi connectivity index (χ3v) is 18.6. The minimum absolute atomic E-state index is 0.0414. The Morgan fingerprint density at radius 3 is 1.25 bits per heavy atom. The zero-order valence-corrected chi connectivity index (χ0v) is 54.0. The molecule has 0 saturated heterocycles. The van der Waals surface area contributed by atoms with Crippen LogP contribution in [-0.4, -0.2) is 6.71 Å². The second-order valence-corrected chi connectivity index (χ2v) is 27.9. The van der Waals surface area contributed by atoms with E-state index >= 15 is 0 Å². The molecule has 0 fully saturated rings. The van der Waals surface area contributed by atoms with Crippen LogP contribution in [0, 0.1) is 0 Å². The van der Waals surface area contributed by atoms with Gasteiger partial charge in [0.25, 0.3) is 6.71 Å². The average molecular weight is 1190 g/mol. The Bertz CT molecular complexity index is 4680. The van der Waals surface area contributed by atoms with Gasteiger partial charge in [0.2, 0.25) is 0 Å². The van der Waals surface area contributed by atoms with Crippen molar-refractivity contribution in [2.75, 3.05) is 19.6 Å². The van der Waals surface area contributed by atoms with Gasteiger partial charge in [0.1, 0.15) is 11.3 Å². The molecule has 13 aromatic rings. The molecule has 6 heteroatoms. The monoisotopic (exact) mass is 1190 g/mol. The fourth-order valence-electron chi connectivity index (χ4n) is 13.8. The molecule has 0 unspecified atom stereocenters. The zero-order chi connectivity index (χ0) is 63.0. The molecule has 0 atom stereocenters. The third kappa shape index (κ3) is 10.6. The van der Waals surface area contributed by atoms with Gasteiger partial charge in [-0.25, -0.2) is 0 Å². The van der Waals surface area contributed by atoms with Gasteiger partial charge in [0.05, 0.1) is 5.69 Å². The van der Waals surface area contributed by atoms with Crippen LogP contribution < -0.4 is 36.0 Å². The summed E-state index contributed by atoms with van der Waals surface area (Å²) in [4.78, 5) is 10.0. The maximum Gasteiger partial charge on any atom is 0.252 e. The predicted octanol–water partition coefficient (Wildman–Crippen LogP) is 22.3. The maximum absolute atomic E-state index is 6.72. The lowest BCUT2D eigenvalue weighted by Gasteiger charge is -2.45. The van der Waals surface area contributed by atoms with E-state index in [0.29, 0.717) is 0 Å². The molecule has 0 saturated carbocycles. The molecular weight excluding hydrogens is 1120 g/mol. The maximum atomic E-state index is 6.72. The van der Waals surface area contributed by atoms with Gasteiger partial charge in [-0.2, -0.15) is 0 Å². The SMILES string of the molecule is CC(C)(C)c1ccc(N(c2ccc(C(C)(C)C)cc2)c2cc3c4c(c2)N(c2cc(-c5ccccc5)cc(-c5ccccc5)c2)c2ccc(C(C)(C)C)cc2B4c2cc(N(c4ccccc4)c4ccccc4)ccc2N3c2cccc(-c3cc4ccccc4o3)c2)cc1. The highest BCUT2D eigenvalue weighted by Gasteiger charge is 2.45. The van der Waals surface area contributed by atoms with E-state index in [1.54, 1.807) is 0 Å². The fraction of sp³-hybridized carbons (Fsp3) is 0.140. The van der Waals surface area contributed by atoms with Crippen molar-refractivity contribution in [2.45, 2.75) is 78.6 Å². The van der Waals surface area contributed by atoms with E-state index in [0.717, 1.165) is 113 Å². The fourth-order valence-corrected chi connectivity index (χ4v) is 13.8. The van der Waals surface area contributed by atoms with E-state index in [-0.39, 0.29) is 23.0 Å². The first-order chi connectivity index (χ1) is 44.5. The molecule has 0 N–H and O–H groups in total. The Morgan fingerprint density at radius 1 is 0.293 bits per heavy atom. The predicted molar refractivity (Wildman–Crippen MR) is 392 cm³/mol. The number of fused-ring (bicyclic) bond motifs is 5. The highest BCUT2D eigenvalue weighted by atomic mass is 16.3. The van der Waals surface area contributed by atoms with Gasteiger partial charge in [-0.15, -0.1) is 0 Å². The molecule has 0 amide bonds. The van der Waals surface area contributed by atoms with E-state index in [2.05, 4.69) is 367 Å². The van der Waals surface area contributed by atoms with Crippen molar-refractivity contribution < 1.29 is 4.42 Å². The van der Waals surface area contributed by atoms with Crippen LogP contribution in [0.15, 0.2) is 296 Å². The molecule has 0 spiro atoms. The molecule has 0 aliphatic carbocycles. The van der Waals surface area contributed by atoms with Crippen LogP contribution in [0.3, 0.4) is 0 Å². The molecule has 0 bridgehead atoms. The van der Waals surface area contributed by atoms with Gasteiger partial charge < -0.3 is 24.0 Å². The number of rotatable bonds is 11. The Balaban J connectivity index is 1.08. The van der Waals surface area contributed by atoms with E-state index in [9.17, 15) is 0 Å². The van der Waals surface area contributed by atoms with Crippen LogP contribution in [0.5, 0.6) is 0 Å². The number of furan rings is 1. The molecule has 12 aromatic carbocycles. The first-order valence-corrected chi connectivity index (χ1v) is 32.3. The average Bonchev–Trinajstić information content (AvgIpc) is 0.768. The minimum atomic E-state index is -0.225. The summed E-state index contributed by atoms with van der Waals surface area (Å²) in [6.07, 6.45) is 0. The Kier molecular flexibility index (Phi) is 14.3. The normalized spacial score (nSPS) is 12.8. The van der Waals surface area contributed by atoms with Crippen molar-refractivity contribution in [3.8, 4) is 33.6 Å². The number of hydrogen-bond donors (Lipinski definition) is 0. The second-order valence-electron chi connectivity index (χ2n) is 27.9. The third-order valence-electron chi connectivity index (χ3n) is 18.6. The van der Waals surface area contributed by atoms with Gasteiger partial charge in [0, 0.05) is 73.5 Å². The molecule has 448 valence electrons. The quantitative estimate of drug-likeness (QED) is 0.120. The summed E-state index contributed by atoms with van der Waals surface area (Å²) in [6, 6.07) is 108. The van der Waals surface area contributed by atoms with Crippen molar-refractivity contribution >= 4 is 102 Å². The van der Waals surface area contributed by atoms with Crippen LogP contribution in [0.25, 0.3) is 44.5 Å². The first kappa shape index (κ1) is 57.9. The smallest absolute Gasteiger partial charge is 0.252 e. The Hall–Kier alpha value is -10.6. The lowest BCUT2D eigenvalue weighted by atomic mass is 9.33. The molecule has 2 aliphatic heterocycles. The zero-order valence-electron chi connectivity index (χ0n) is 54.0. The summed E-state index contributed by atoms with van der Waals surface area (Å²) in [5, 5.41) is 1.07. The highest BCUT2D eigenvalue weighted by Crippen LogP contribution is 2.51. The molecule has 2 aliphatic rings. The van der Waals surface area contributed by atoms with E-state index in [1.165, 1.54) is 33.1 Å². The van der Waals surface area contributed by atoms with Crippen molar-refractivity contribution in [1.82, 2.24) is 0 Å². The number of benzene rings is 12. The largest absolute Gasteiger partial charge is 0.456 e. The summed E-state index contributed by atoms with van der Waals surface area (Å²) in [5.74, 6) is 0.821. The van der Waals surface area contributed by atoms with Crippen molar-refractivity contribution in [3.63, 3.8) is 0 Å². The van der Waals surface area contributed by atoms with Crippen LogP contribution in [-0.2, 0) is 16.2 Å². The highest BCUT2D eigenvalue weighted by molar-refractivity contribution is 7.00. The van der Waals surface area contributed by atoms with Crippen molar-refractivity contribution in [2.24, 2.45) is 0 Å². The van der Waals surface area contributed by atoms with Crippen LogP contribution in [0.1, 0.15) is 79.0 Å². The van der Waals surface area contributed by atoms with Crippen molar-refractivity contribution in [3.05, 3.63) is 308 Å². The number of para-hydroxylation sites is 3. The summed E-state index contributed by atoms with van der Waals surface area (Å²) in [7, 11) is 0. The molecule has 5 nitrogen and oxygen atoms in total. The molecule has 3 heterocycles. The van der Waals surface area contributed by atoms with Crippen molar-refractivity contribution in [1.29, 1.82) is 0 Å². The molecule has 92 heavy (non-hydrogen) atoms. The first-order valence-electron chi connectivity index (χ1n) is 32.3. The lowest BCUT2D eigenvalue weighted by Crippen LogP contribution is -2.61.